The third-order valence-corrected chi connectivity index (χ3v) is 5.26. The van der Waals surface area contributed by atoms with Gasteiger partial charge in [0, 0.05) is 24.5 Å². The van der Waals surface area contributed by atoms with Crippen molar-refractivity contribution in [2.45, 2.75) is 19.0 Å². The van der Waals surface area contributed by atoms with Crippen LogP contribution in [0.15, 0.2) is 103 Å². The zero-order chi connectivity index (χ0) is 22.2. The Balaban J connectivity index is 1.39. The smallest absolute Gasteiger partial charge is 0.326 e. The summed E-state index contributed by atoms with van der Waals surface area (Å²) in [4.78, 5) is 11.8. The van der Waals surface area contributed by atoms with Gasteiger partial charge in [-0.2, -0.15) is 0 Å². The minimum absolute atomic E-state index is 0.412. The molecule has 162 valence electrons. The van der Waals surface area contributed by atoms with Gasteiger partial charge in [-0.15, -0.1) is 0 Å². The van der Waals surface area contributed by atoms with E-state index in [2.05, 4.69) is 9.88 Å². The highest BCUT2D eigenvalue weighted by Crippen LogP contribution is 2.25. The van der Waals surface area contributed by atoms with Crippen LogP contribution in [0.5, 0.6) is 5.75 Å². The van der Waals surface area contributed by atoms with Crippen LogP contribution in [-0.2, 0) is 17.8 Å². The molecule has 1 atom stereocenters. The number of carbonyl (C=O) groups is 1. The largest absolute Gasteiger partial charge is 0.492 e. The van der Waals surface area contributed by atoms with Gasteiger partial charge in [0.05, 0.1) is 6.54 Å². The number of aliphatic carboxylic acids is 1. The normalized spacial score (nSPS) is 11.6. The van der Waals surface area contributed by atoms with E-state index in [0.717, 1.165) is 34.7 Å². The number of hydrogen-bond acceptors (Lipinski definition) is 3. The van der Waals surface area contributed by atoms with Crippen LogP contribution in [0.4, 0.5) is 5.69 Å². The molecule has 5 nitrogen and oxygen atoms in total. The molecule has 0 bridgehead atoms. The molecule has 5 heteroatoms. The molecule has 0 radical (unpaired) electrons. The van der Waals surface area contributed by atoms with Gasteiger partial charge >= 0.3 is 5.97 Å². The lowest BCUT2D eigenvalue weighted by Gasteiger charge is -2.17. The van der Waals surface area contributed by atoms with E-state index in [1.807, 2.05) is 103 Å². The Morgan fingerprint density at radius 3 is 2.34 bits per heavy atom. The first kappa shape index (κ1) is 21.2. The standard InChI is InChI=1S/C27H26N2O3/c30-27(31)26(19-21-7-2-1-3-8-21)28-24-10-6-9-23(20-24)22-11-13-25(14-12-22)32-18-17-29-15-4-5-16-29/h1-16,20,26,28H,17-19H2,(H,30,31). The van der Waals surface area contributed by atoms with Gasteiger partial charge in [-0.1, -0.05) is 54.6 Å². The number of benzene rings is 3. The quantitative estimate of drug-likeness (QED) is 0.359. The molecular weight excluding hydrogens is 400 g/mol. The molecule has 0 aliphatic rings. The molecule has 4 rings (SSSR count). The Labute approximate surface area is 187 Å². The van der Waals surface area contributed by atoms with Crippen LogP contribution in [0, 0.1) is 0 Å². The van der Waals surface area contributed by atoms with Crippen molar-refractivity contribution in [1.82, 2.24) is 4.57 Å². The summed E-state index contributed by atoms with van der Waals surface area (Å²) in [5.41, 5.74) is 3.81. The van der Waals surface area contributed by atoms with Gasteiger partial charge in [-0.3, -0.25) is 0 Å². The van der Waals surface area contributed by atoms with Crippen LogP contribution in [0.3, 0.4) is 0 Å². The molecule has 0 amide bonds. The highest BCUT2D eigenvalue weighted by atomic mass is 16.5. The topological polar surface area (TPSA) is 63.5 Å². The Kier molecular flexibility index (Phi) is 6.88. The highest BCUT2D eigenvalue weighted by Gasteiger charge is 2.18. The van der Waals surface area contributed by atoms with Crippen molar-refractivity contribution in [2.75, 3.05) is 11.9 Å². The second-order valence-electron chi connectivity index (χ2n) is 7.60. The molecular formula is C27H26N2O3. The van der Waals surface area contributed by atoms with Crippen LogP contribution in [0.25, 0.3) is 11.1 Å². The summed E-state index contributed by atoms with van der Waals surface area (Å²) >= 11 is 0. The third-order valence-electron chi connectivity index (χ3n) is 5.26. The average Bonchev–Trinajstić information content (AvgIpc) is 3.34. The number of carboxylic acids is 1. The van der Waals surface area contributed by atoms with Crippen LogP contribution in [0.1, 0.15) is 5.56 Å². The number of anilines is 1. The number of carboxylic acid groups (broad SMARTS) is 1. The maximum Gasteiger partial charge on any atom is 0.326 e. The summed E-state index contributed by atoms with van der Waals surface area (Å²) in [6, 6.07) is 28.7. The molecule has 32 heavy (non-hydrogen) atoms. The molecule has 0 aliphatic carbocycles. The van der Waals surface area contributed by atoms with Crippen LogP contribution >= 0.6 is 0 Å². The molecule has 0 saturated heterocycles. The number of rotatable bonds is 10. The Bertz CT molecular complexity index is 1120. The van der Waals surface area contributed by atoms with Gasteiger partial charge in [-0.05, 0) is 53.1 Å². The van der Waals surface area contributed by atoms with Crippen molar-refractivity contribution in [3.63, 3.8) is 0 Å². The van der Waals surface area contributed by atoms with Gasteiger partial charge in [0.1, 0.15) is 18.4 Å². The van der Waals surface area contributed by atoms with Crippen molar-refractivity contribution >= 4 is 11.7 Å². The molecule has 1 unspecified atom stereocenters. The fourth-order valence-corrected chi connectivity index (χ4v) is 3.57. The van der Waals surface area contributed by atoms with E-state index in [4.69, 9.17) is 4.74 Å². The lowest BCUT2D eigenvalue weighted by Crippen LogP contribution is -2.31. The third kappa shape index (κ3) is 5.79. The van der Waals surface area contributed by atoms with E-state index in [1.165, 1.54) is 0 Å². The first-order valence-electron chi connectivity index (χ1n) is 10.6. The Morgan fingerprint density at radius 2 is 1.62 bits per heavy atom. The maximum atomic E-state index is 11.8. The minimum Gasteiger partial charge on any atom is -0.492 e. The molecule has 0 saturated carbocycles. The molecule has 4 aromatic rings. The van der Waals surface area contributed by atoms with E-state index in [9.17, 15) is 9.90 Å². The molecule has 3 aromatic carbocycles. The molecule has 0 spiro atoms. The summed E-state index contributed by atoms with van der Waals surface area (Å²) < 4.78 is 7.91. The lowest BCUT2D eigenvalue weighted by atomic mass is 10.0. The van der Waals surface area contributed by atoms with Crippen LogP contribution < -0.4 is 10.1 Å². The van der Waals surface area contributed by atoms with E-state index in [-0.39, 0.29) is 0 Å². The number of ether oxygens (including phenoxy) is 1. The summed E-state index contributed by atoms with van der Waals surface area (Å²) in [5.74, 6) is -0.0512. The first-order valence-corrected chi connectivity index (χ1v) is 10.6. The SMILES string of the molecule is O=C(O)C(Cc1ccccc1)Nc1cccc(-c2ccc(OCCn3cccc3)cc2)c1. The highest BCUT2D eigenvalue weighted by molar-refractivity contribution is 5.78. The zero-order valence-corrected chi connectivity index (χ0v) is 17.7. The summed E-state index contributed by atoms with van der Waals surface area (Å²) in [6.45, 7) is 1.40. The van der Waals surface area contributed by atoms with Crippen molar-refractivity contribution in [2.24, 2.45) is 0 Å². The maximum absolute atomic E-state index is 11.8. The van der Waals surface area contributed by atoms with Gasteiger partial charge in [0.2, 0.25) is 0 Å². The van der Waals surface area contributed by atoms with E-state index >= 15 is 0 Å². The van der Waals surface area contributed by atoms with Gasteiger partial charge in [-0.25, -0.2) is 4.79 Å². The summed E-state index contributed by atoms with van der Waals surface area (Å²) in [5, 5.41) is 12.8. The van der Waals surface area contributed by atoms with Crippen molar-refractivity contribution in [3.8, 4) is 16.9 Å². The van der Waals surface area contributed by atoms with Crippen molar-refractivity contribution < 1.29 is 14.6 Å². The van der Waals surface area contributed by atoms with Crippen LogP contribution in [-0.4, -0.2) is 28.3 Å². The predicted molar refractivity (Wildman–Crippen MR) is 127 cm³/mol. The summed E-state index contributed by atoms with van der Waals surface area (Å²) in [7, 11) is 0. The molecule has 0 aliphatic heterocycles. The fraction of sp³-hybridized carbons (Fsp3) is 0.148. The zero-order valence-electron chi connectivity index (χ0n) is 17.7. The van der Waals surface area contributed by atoms with E-state index in [1.54, 1.807) is 0 Å². The Hall–Kier alpha value is -3.99. The Morgan fingerprint density at radius 1 is 0.875 bits per heavy atom. The number of nitrogens with one attached hydrogen (secondary N) is 1. The molecule has 1 aromatic heterocycles. The summed E-state index contributed by atoms with van der Waals surface area (Å²) in [6.07, 6.45) is 4.44. The monoisotopic (exact) mass is 426 g/mol. The second-order valence-corrected chi connectivity index (χ2v) is 7.60. The molecule has 1 heterocycles. The van der Waals surface area contributed by atoms with Crippen molar-refractivity contribution in [3.05, 3.63) is 109 Å². The van der Waals surface area contributed by atoms with Gasteiger partial charge < -0.3 is 19.7 Å². The molecule has 2 N–H and O–H groups in total. The fourth-order valence-electron chi connectivity index (χ4n) is 3.57. The molecule has 0 fully saturated rings. The second kappa shape index (κ2) is 10.4. The number of nitrogens with zero attached hydrogens (tertiary/aromatic N) is 1. The van der Waals surface area contributed by atoms with E-state index in [0.29, 0.717) is 13.0 Å². The minimum atomic E-state index is -0.874. The average molecular weight is 427 g/mol. The van der Waals surface area contributed by atoms with Crippen molar-refractivity contribution in [1.29, 1.82) is 0 Å². The predicted octanol–water partition coefficient (Wildman–Crippen LogP) is 5.34. The number of aromatic nitrogens is 1. The van der Waals surface area contributed by atoms with E-state index < -0.39 is 12.0 Å². The first-order chi connectivity index (χ1) is 15.7. The van der Waals surface area contributed by atoms with Gasteiger partial charge in [0.15, 0.2) is 0 Å². The lowest BCUT2D eigenvalue weighted by molar-refractivity contribution is -0.137. The van der Waals surface area contributed by atoms with Gasteiger partial charge in [0.25, 0.3) is 0 Å². The van der Waals surface area contributed by atoms with Crippen LogP contribution in [0.2, 0.25) is 0 Å². The number of hydrogen-bond donors (Lipinski definition) is 2.